The van der Waals surface area contributed by atoms with E-state index < -0.39 is 0 Å². The maximum absolute atomic E-state index is 11.2. The van der Waals surface area contributed by atoms with Crippen LogP contribution in [0.4, 0.5) is 5.69 Å². The third-order valence-corrected chi connectivity index (χ3v) is 2.89. The van der Waals surface area contributed by atoms with Gasteiger partial charge in [0.25, 0.3) is 0 Å². The van der Waals surface area contributed by atoms with E-state index in [1.54, 1.807) is 0 Å². The molecule has 16 heavy (non-hydrogen) atoms. The molecule has 1 atom stereocenters. The van der Waals surface area contributed by atoms with E-state index >= 15 is 0 Å². The highest BCUT2D eigenvalue weighted by Crippen LogP contribution is 2.26. The minimum absolute atomic E-state index is 0.0356. The van der Waals surface area contributed by atoms with Gasteiger partial charge in [0.2, 0.25) is 5.91 Å². The number of fused-ring (bicyclic) bond motifs is 1. The normalized spacial score (nSPS) is 15.8. The minimum atomic E-state index is 0.0356. The maximum Gasteiger partial charge on any atom is 0.228 e. The highest BCUT2D eigenvalue weighted by Gasteiger charge is 2.18. The van der Waals surface area contributed by atoms with Crippen molar-refractivity contribution in [2.24, 2.45) is 5.73 Å². The number of hydrogen-bond acceptors (Lipinski definition) is 3. The molecule has 4 N–H and O–H groups in total. The molecule has 1 aliphatic heterocycles. The molecule has 0 bridgehead atoms. The third kappa shape index (κ3) is 2.23. The number of hydrogen-bond donors (Lipinski definition) is 3. The molecule has 1 amide bonds. The summed E-state index contributed by atoms with van der Waals surface area (Å²) in [6, 6.07) is 6.00. The third-order valence-electron chi connectivity index (χ3n) is 2.89. The second-order valence-corrected chi connectivity index (χ2v) is 4.14. The molecule has 1 aromatic rings. The van der Waals surface area contributed by atoms with Crippen LogP contribution in [0.3, 0.4) is 0 Å². The molecular weight excluding hydrogens is 202 g/mol. The summed E-state index contributed by atoms with van der Waals surface area (Å²) in [5.74, 6) is 0.0657. The monoisotopic (exact) mass is 219 g/mol. The zero-order valence-corrected chi connectivity index (χ0v) is 9.42. The van der Waals surface area contributed by atoms with Crippen LogP contribution in [0.15, 0.2) is 18.2 Å². The second kappa shape index (κ2) is 4.63. The van der Waals surface area contributed by atoms with Gasteiger partial charge in [-0.15, -0.1) is 0 Å². The van der Waals surface area contributed by atoms with Crippen LogP contribution >= 0.6 is 0 Å². The van der Waals surface area contributed by atoms with E-state index in [4.69, 9.17) is 5.73 Å². The fraction of sp³-hybridized carbons (Fsp3) is 0.417. The van der Waals surface area contributed by atoms with E-state index in [0.29, 0.717) is 6.42 Å². The Hall–Kier alpha value is -1.39. The quantitative estimate of drug-likeness (QED) is 0.701. The summed E-state index contributed by atoms with van der Waals surface area (Å²) < 4.78 is 0. The van der Waals surface area contributed by atoms with Crippen molar-refractivity contribution in [2.45, 2.75) is 18.9 Å². The van der Waals surface area contributed by atoms with E-state index in [2.05, 4.69) is 10.6 Å². The van der Waals surface area contributed by atoms with Crippen LogP contribution in [0, 0.1) is 0 Å². The van der Waals surface area contributed by atoms with Crippen LogP contribution in [0.25, 0.3) is 0 Å². The predicted octanol–water partition coefficient (Wildman–Crippen LogP) is 0.791. The molecule has 0 saturated heterocycles. The van der Waals surface area contributed by atoms with Gasteiger partial charge in [0.1, 0.15) is 0 Å². The smallest absolute Gasteiger partial charge is 0.228 e. The summed E-state index contributed by atoms with van der Waals surface area (Å²) in [6.07, 6.45) is 1.37. The van der Waals surface area contributed by atoms with E-state index in [1.807, 2.05) is 25.2 Å². The molecule has 1 heterocycles. The standard InChI is InChI=1S/C12H17N3O/c1-14-5-4-10(13)8-2-3-11-9(6-8)7-12(16)15-11/h2-3,6,10,14H,4-5,7,13H2,1H3,(H,15,16). The number of amides is 1. The Morgan fingerprint density at radius 2 is 2.38 bits per heavy atom. The molecule has 2 rings (SSSR count). The summed E-state index contributed by atoms with van der Waals surface area (Å²) in [7, 11) is 1.91. The van der Waals surface area contributed by atoms with Gasteiger partial charge in [-0.1, -0.05) is 12.1 Å². The molecule has 0 radical (unpaired) electrons. The van der Waals surface area contributed by atoms with Gasteiger partial charge in [0, 0.05) is 11.7 Å². The summed E-state index contributed by atoms with van der Waals surface area (Å²) in [4.78, 5) is 11.2. The zero-order valence-electron chi connectivity index (χ0n) is 9.42. The van der Waals surface area contributed by atoms with Crippen LogP contribution < -0.4 is 16.4 Å². The molecular formula is C12H17N3O. The largest absolute Gasteiger partial charge is 0.326 e. The van der Waals surface area contributed by atoms with Crippen LogP contribution in [-0.2, 0) is 11.2 Å². The molecule has 0 saturated carbocycles. The van der Waals surface area contributed by atoms with Gasteiger partial charge < -0.3 is 16.4 Å². The molecule has 1 unspecified atom stereocenters. The SMILES string of the molecule is CNCCC(N)c1ccc2c(c1)CC(=O)N2. The fourth-order valence-electron chi connectivity index (χ4n) is 1.95. The summed E-state index contributed by atoms with van der Waals surface area (Å²) >= 11 is 0. The molecule has 1 aliphatic rings. The summed E-state index contributed by atoms with van der Waals surface area (Å²) in [5.41, 5.74) is 9.15. The first-order chi connectivity index (χ1) is 7.70. The summed E-state index contributed by atoms with van der Waals surface area (Å²) in [6.45, 7) is 0.898. The van der Waals surface area contributed by atoms with E-state index in [0.717, 1.165) is 29.8 Å². The number of nitrogens with two attached hydrogens (primary N) is 1. The first-order valence-corrected chi connectivity index (χ1v) is 5.53. The first kappa shape index (κ1) is 11.1. The molecule has 4 heteroatoms. The van der Waals surface area contributed by atoms with E-state index in [9.17, 15) is 4.79 Å². The Balaban J connectivity index is 2.12. The average Bonchev–Trinajstić information content (AvgIpc) is 2.64. The van der Waals surface area contributed by atoms with Crippen LogP contribution in [0.2, 0.25) is 0 Å². The highest BCUT2D eigenvalue weighted by atomic mass is 16.1. The Morgan fingerprint density at radius 3 is 3.12 bits per heavy atom. The zero-order chi connectivity index (χ0) is 11.5. The Morgan fingerprint density at radius 1 is 1.56 bits per heavy atom. The lowest BCUT2D eigenvalue weighted by atomic mass is 10.0. The molecule has 1 aromatic carbocycles. The molecule has 4 nitrogen and oxygen atoms in total. The van der Waals surface area contributed by atoms with Gasteiger partial charge in [-0.3, -0.25) is 4.79 Å². The number of carbonyl (C=O) groups is 1. The van der Waals surface area contributed by atoms with Gasteiger partial charge in [-0.25, -0.2) is 0 Å². The van der Waals surface area contributed by atoms with Gasteiger partial charge in [0.15, 0.2) is 0 Å². The lowest BCUT2D eigenvalue weighted by Gasteiger charge is -2.12. The maximum atomic E-state index is 11.2. The lowest BCUT2D eigenvalue weighted by molar-refractivity contribution is -0.115. The number of carbonyl (C=O) groups excluding carboxylic acids is 1. The van der Waals surface area contributed by atoms with Gasteiger partial charge in [-0.05, 0) is 37.2 Å². The van der Waals surface area contributed by atoms with Crippen LogP contribution in [0.5, 0.6) is 0 Å². The number of benzene rings is 1. The highest BCUT2D eigenvalue weighted by molar-refractivity contribution is 5.99. The van der Waals surface area contributed by atoms with Crippen LogP contribution in [0.1, 0.15) is 23.6 Å². The number of nitrogens with one attached hydrogen (secondary N) is 2. The van der Waals surface area contributed by atoms with Crippen molar-refractivity contribution in [2.75, 3.05) is 18.9 Å². The Bertz CT molecular complexity index is 403. The Kier molecular flexibility index (Phi) is 3.22. The van der Waals surface area contributed by atoms with Crippen molar-refractivity contribution >= 4 is 11.6 Å². The van der Waals surface area contributed by atoms with Crippen molar-refractivity contribution in [1.29, 1.82) is 0 Å². The van der Waals surface area contributed by atoms with Crippen molar-refractivity contribution in [3.8, 4) is 0 Å². The molecule has 86 valence electrons. The summed E-state index contributed by atoms with van der Waals surface area (Å²) in [5, 5.41) is 5.90. The van der Waals surface area contributed by atoms with Crippen molar-refractivity contribution in [3.05, 3.63) is 29.3 Å². The van der Waals surface area contributed by atoms with Gasteiger partial charge in [-0.2, -0.15) is 0 Å². The lowest BCUT2D eigenvalue weighted by Crippen LogP contribution is -2.17. The average molecular weight is 219 g/mol. The van der Waals surface area contributed by atoms with Gasteiger partial charge >= 0.3 is 0 Å². The number of anilines is 1. The molecule has 0 aromatic heterocycles. The molecule has 0 fully saturated rings. The number of rotatable bonds is 4. The van der Waals surface area contributed by atoms with Gasteiger partial charge in [0.05, 0.1) is 6.42 Å². The van der Waals surface area contributed by atoms with E-state index in [-0.39, 0.29) is 11.9 Å². The van der Waals surface area contributed by atoms with Crippen molar-refractivity contribution in [1.82, 2.24) is 5.32 Å². The fourth-order valence-corrected chi connectivity index (χ4v) is 1.95. The van der Waals surface area contributed by atoms with Crippen LogP contribution in [-0.4, -0.2) is 19.5 Å². The van der Waals surface area contributed by atoms with Crippen molar-refractivity contribution < 1.29 is 4.79 Å². The molecule has 0 spiro atoms. The minimum Gasteiger partial charge on any atom is -0.326 e. The van der Waals surface area contributed by atoms with E-state index in [1.165, 1.54) is 0 Å². The van der Waals surface area contributed by atoms with Crippen molar-refractivity contribution in [3.63, 3.8) is 0 Å². The second-order valence-electron chi connectivity index (χ2n) is 4.14. The Labute approximate surface area is 95.2 Å². The molecule has 0 aliphatic carbocycles. The predicted molar refractivity (Wildman–Crippen MR) is 64.2 cm³/mol. The topological polar surface area (TPSA) is 67.1 Å². The first-order valence-electron chi connectivity index (χ1n) is 5.53.